The lowest BCUT2D eigenvalue weighted by Gasteiger charge is -2.08. The van der Waals surface area contributed by atoms with E-state index in [1.54, 1.807) is 11.6 Å². The highest BCUT2D eigenvalue weighted by Gasteiger charge is 2.25. The maximum atomic E-state index is 12.1. The Kier molecular flexibility index (Phi) is 5.16. The number of nitrogens with one attached hydrogen (secondary N) is 1. The van der Waals surface area contributed by atoms with E-state index in [-0.39, 0.29) is 4.90 Å². The molecule has 136 valence electrons. The molecular weight excluding hydrogens is 370 g/mol. The first-order chi connectivity index (χ1) is 12.1. The molecule has 0 fully saturated rings. The highest BCUT2D eigenvalue weighted by Crippen LogP contribution is 2.31. The van der Waals surface area contributed by atoms with E-state index < -0.39 is 43.1 Å². The minimum Gasteiger partial charge on any atom is -0.402 e. The van der Waals surface area contributed by atoms with Crippen LogP contribution >= 0.6 is 0 Å². The van der Waals surface area contributed by atoms with Crippen LogP contribution in [0.5, 0.6) is 5.75 Å². The third-order valence-corrected chi connectivity index (χ3v) is 4.43. The second-order valence-corrected chi connectivity index (χ2v) is 6.66. The molecule has 0 unspecified atom stereocenters. The molecule has 0 saturated heterocycles. The second-order valence-electron chi connectivity index (χ2n) is 4.97. The molecule has 2 aromatic rings. The van der Waals surface area contributed by atoms with Gasteiger partial charge in [-0.15, -0.1) is 0 Å². The maximum Gasteiger partial charge on any atom is 0.426 e. The van der Waals surface area contributed by atoms with E-state index in [0.29, 0.717) is 6.07 Å². The fourth-order valence-corrected chi connectivity index (χ4v) is 2.73. The highest BCUT2D eigenvalue weighted by molar-refractivity contribution is 7.90. The van der Waals surface area contributed by atoms with Crippen molar-refractivity contribution in [2.24, 2.45) is 0 Å². The number of carbonyl (C=O) groups excluding carboxylic acids is 1. The number of amides is 1. The Bertz CT molecular complexity index is 986. The summed E-state index contributed by atoms with van der Waals surface area (Å²) in [6, 6.07) is 7.86. The van der Waals surface area contributed by atoms with Crippen LogP contribution in [-0.4, -0.2) is 24.4 Å². The van der Waals surface area contributed by atoms with Crippen molar-refractivity contribution < 1.29 is 27.8 Å². The first-order valence-electron chi connectivity index (χ1n) is 6.84. The molecule has 0 aromatic heterocycles. The van der Waals surface area contributed by atoms with Gasteiger partial charge in [-0.1, -0.05) is 17.7 Å². The molecule has 0 radical (unpaired) electrons. The van der Waals surface area contributed by atoms with E-state index in [1.807, 2.05) is 0 Å². The molecule has 12 heteroatoms. The summed E-state index contributed by atoms with van der Waals surface area (Å²) in [4.78, 5) is 31.4. The SMILES string of the molecule is Cc1ccc(S(=O)(=O)NC(=O)Oc2ccc([N+](=O)[O-])cc2[N+](=O)[O-])cc1. The van der Waals surface area contributed by atoms with Crippen molar-refractivity contribution >= 4 is 27.5 Å². The number of benzene rings is 2. The zero-order valence-corrected chi connectivity index (χ0v) is 13.9. The van der Waals surface area contributed by atoms with Crippen molar-refractivity contribution in [3.05, 3.63) is 68.3 Å². The predicted octanol–water partition coefficient (Wildman–Crippen LogP) is 2.29. The highest BCUT2D eigenvalue weighted by atomic mass is 32.2. The first-order valence-corrected chi connectivity index (χ1v) is 8.32. The summed E-state index contributed by atoms with van der Waals surface area (Å²) < 4.78 is 30.4. The minimum absolute atomic E-state index is 0.210. The Morgan fingerprint density at radius 1 is 1.04 bits per heavy atom. The van der Waals surface area contributed by atoms with Crippen molar-refractivity contribution in [1.82, 2.24) is 4.72 Å². The van der Waals surface area contributed by atoms with Crippen LogP contribution in [0.2, 0.25) is 0 Å². The lowest BCUT2D eigenvalue weighted by Crippen LogP contribution is -2.33. The average molecular weight is 381 g/mol. The monoisotopic (exact) mass is 381 g/mol. The van der Waals surface area contributed by atoms with Gasteiger partial charge in [0.15, 0.2) is 0 Å². The Morgan fingerprint density at radius 3 is 2.19 bits per heavy atom. The van der Waals surface area contributed by atoms with Gasteiger partial charge in [-0.3, -0.25) is 20.2 Å². The van der Waals surface area contributed by atoms with Gasteiger partial charge in [0.2, 0.25) is 5.75 Å². The van der Waals surface area contributed by atoms with Crippen molar-refractivity contribution in [2.75, 3.05) is 0 Å². The number of ether oxygens (including phenoxy) is 1. The second kappa shape index (κ2) is 7.14. The van der Waals surface area contributed by atoms with Gasteiger partial charge in [0.1, 0.15) is 0 Å². The molecule has 1 amide bonds. The number of nitro benzene ring substituents is 2. The zero-order chi connectivity index (χ0) is 19.5. The number of sulfonamides is 1. The number of nitro groups is 2. The third kappa shape index (κ3) is 4.30. The third-order valence-electron chi connectivity index (χ3n) is 3.10. The van der Waals surface area contributed by atoms with Gasteiger partial charge in [0.05, 0.1) is 20.8 Å². The smallest absolute Gasteiger partial charge is 0.402 e. The number of hydrogen-bond acceptors (Lipinski definition) is 8. The van der Waals surface area contributed by atoms with E-state index in [0.717, 1.165) is 17.7 Å². The van der Waals surface area contributed by atoms with Crippen molar-refractivity contribution in [1.29, 1.82) is 0 Å². The lowest BCUT2D eigenvalue weighted by molar-refractivity contribution is -0.394. The summed E-state index contributed by atoms with van der Waals surface area (Å²) >= 11 is 0. The first kappa shape index (κ1) is 18.8. The summed E-state index contributed by atoms with van der Waals surface area (Å²) in [6.07, 6.45) is -1.50. The Balaban J connectivity index is 2.23. The van der Waals surface area contributed by atoms with Crippen LogP contribution in [-0.2, 0) is 10.0 Å². The predicted molar refractivity (Wildman–Crippen MR) is 87.3 cm³/mol. The molecule has 0 aliphatic carbocycles. The van der Waals surface area contributed by atoms with E-state index in [2.05, 4.69) is 4.74 Å². The average Bonchev–Trinajstić information content (AvgIpc) is 2.54. The van der Waals surface area contributed by atoms with E-state index in [9.17, 15) is 33.4 Å². The summed E-state index contributed by atoms with van der Waals surface area (Å²) in [5.74, 6) is -0.641. The van der Waals surface area contributed by atoms with Crippen molar-refractivity contribution in [2.45, 2.75) is 11.8 Å². The van der Waals surface area contributed by atoms with Gasteiger partial charge in [-0.2, -0.15) is 0 Å². The molecule has 0 aliphatic heterocycles. The van der Waals surface area contributed by atoms with E-state index >= 15 is 0 Å². The molecular formula is C14H11N3O8S. The topological polar surface area (TPSA) is 159 Å². The molecule has 11 nitrogen and oxygen atoms in total. The Morgan fingerprint density at radius 2 is 1.65 bits per heavy atom. The van der Waals surface area contributed by atoms with Crippen LogP contribution in [0.15, 0.2) is 47.4 Å². The molecule has 0 spiro atoms. The van der Waals surface area contributed by atoms with Crippen LogP contribution < -0.4 is 9.46 Å². The number of rotatable bonds is 5. The van der Waals surface area contributed by atoms with Gasteiger partial charge in [0, 0.05) is 6.07 Å². The Hall–Kier alpha value is -3.54. The van der Waals surface area contributed by atoms with Gasteiger partial charge in [-0.05, 0) is 25.1 Å². The number of aryl methyl sites for hydroxylation is 1. The van der Waals surface area contributed by atoms with Crippen LogP contribution in [0, 0.1) is 27.2 Å². The van der Waals surface area contributed by atoms with Crippen molar-refractivity contribution in [3.8, 4) is 5.75 Å². The molecule has 0 heterocycles. The normalized spacial score (nSPS) is 10.8. The molecule has 26 heavy (non-hydrogen) atoms. The van der Waals surface area contributed by atoms with Crippen LogP contribution in [0.4, 0.5) is 16.2 Å². The molecule has 0 aliphatic rings. The summed E-state index contributed by atoms with van der Waals surface area (Å²) in [5.41, 5.74) is -0.646. The van der Waals surface area contributed by atoms with Crippen LogP contribution in [0.1, 0.15) is 5.56 Å². The molecule has 0 saturated carbocycles. The fraction of sp³-hybridized carbons (Fsp3) is 0.0714. The number of non-ortho nitro benzene ring substituents is 1. The zero-order valence-electron chi connectivity index (χ0n) is 13.1. The van der Waals surface area contributed by atoms with Crippen LogP contribution in [0.3, 0.4) is 0 Å². The maximum absolute atomic E-state index is 12.1. The quantitative estimate of drug-likeness (QED) is 0.610. The summed E-state index contributed by atoms with van der Waals surface area (Å²) in [6.45, 7) is 1.74. The van der Waals surface area contributed by atoms with Gasteiger partial charge in [0.25, 0.3) is 15.7 Å². The largest absolute Gasteiger partial charge is 0.426 e. The van der Waals surface area contributed by atoms with Gasteiger partial charge in [-0.25, -0.2) is 17.9 Å². The summed E-state index contributed by atoms with van der Waals surface area (Å²) in [5, 5.41) is 21.6. The van der Waals surface area contributed by atoms with E-state index in [4.69, 9.17) is 0 Å². The fourth-order valence-electron chi connectivity index (χ4n) is 1.86. The molecule has 1 N–H and O–H groups in total. The van der Waals surface area contributed by atoms with Gasteiger partial charge >= 0.3 is 11.8 Å². The minimum atomic E-state index is -4.25. The molecule has 2 aromatic carbocycles. The molecule has 0 bridgehead atoms. The van der Waals surface area contributed by atoms with Crippen molar-refractivity contribution in [3.63, 3.8) is 0 Å². The Labute approximate surface area is 146 Å². The number of hydrogen-bond donors (Lipinski definition) is 1. The molecule has 2 rings (SSSR count). The summed E-state index contributed by atoms with van der Waals surface area (Å²) in [7, 11) is -4.25. The molecule has 0 atom stereocenters. The van der Waals surface area contributed by atoms with E-state index in [1.165, 1.54) is 24.3 Å². The number of nitrogens with zero attached hydrogens (tertiary/aromatic N) is 2. The lowest BCUT2D eigenvalue weighted by atomic mass is 10.2. The number of carbonyl (C=O) groups is 1. The van der Waals surface area contributed by atoms with Crippen LogP contribution in [0.25, 0.3) is 0 Å². The standard InChI is InChI=1S/C14H11N3O8S/c1-9-2-5-11(6-3-9)26(23,24)15-14(18)25-13-7-4-10(16(19)20)8-12(13)17(21)22/h2-8H,1H3,(H,15,18). The van der Waals surface area contributed by atoms with Gasteiger partial charge < -0.3 is 4.74 Å².